The van der Waals surface area contributed by atoms with Crippen molar-refractivity contribution in [1.29, 1.82) is 0 Å². The quantitative estimate of drug-likeness (QED) is 0.744. The molecule has 1 saturated carbocycles. The molecule has 1 aromatic rings. The summed E-state index contributed by atoms with van der Waals surface area (Å²) in [4.78, 5) is 22.4. The number of aryl methyl sites for hydroxylation is 1. The SMILES string of the molecule is CNC(=O)c1cc(S(=O)(=O)N(CC(=O)O)C2CC2)cn1C. The van der Waals surface area contributed by atoms with Crippen LogP contribution >= 0.6 is 0 Å². The molecule has 1 aliphatic carbocycles. The first-order chi connectivity index (χ1) is 9.77. The van der Waals surface area contributed by atoms with Crippen LogP contribution in [0.25, 0.3) is 0 Å². The van der Waals surface area contributed by atoms with Gasteiger partial charge in [-0.3, -0.25) is 9.59 Å². The van der Waals surface area contributed by atoms with Crippen molar-refractivity contribution in [1.82, 2.24) is 14.2 Å². The van der Waals surface area contributed by atoms with Crippen LogP contribution in [0.3, 0.4) is 0 Å². The zero-order valence-electron chi connectivity index (χ0n) is 11.7. The zero-order chi connectivity index (χ0) is 15.8. The van der Waals surface area contributed by atoms with E-state index in [1.54, 1.807) is 7.05 Å². The molecule has 0 aromatic carbocycles. The summed E-state index contributed by atoms with van der Waals surface area (Å²) in [6.07, 6.45) is 2.63. The lowest BCUT2D eigenvalue weighted by molar-refractivity contribution is -0.137. The third-order valence-corrected chi connectivity index (χ3v) is 5.16. The minimum atomic E-state index is -3.92. The fourth-order valence-electron chi connectivity index (χ4n) is 2.07. The van der Waals surface area contributed by atoms with Crippen molar-refractivity contribution in [2.45, 2.75) is 23.8 Å². The van der Waals surface area contributed by atoms with Gasteiger partial charge in [0.05, 0.1) is 0 Å². The maximum atomic E-state index is 12.5. The van der Waals surface area contributed by atoms with Crippen molar-refractivity contribution in [3.05, 3.63) is 18.0 Å². The third-order valence-electron chi connectivity index (χ3n) is 3.29. The Morgan fingerprint density at radius 1 is 1.48 bits per heavy atom. The fourth-order valence-corrected chi connectivity index (χ4v) is 3.78. The summed E-state index contributed by atoms with van der Waals surface area (Å²) >= 11 is 0. The van der Waals surface area contributed by atoms with Gasteiger partial charge in [-0.1, -0.05) is 0 Å². The number of amides is 1. The summed E-state index contributed by atoms with van der Waals surface area (Å²) in [7, 11) is -0.918. The standard InChI is InChI=1S/C12H17N3O5S/c1-13-12(18)10-5-9(6-14(10)2)21(19,20)15(7-11(16)17)8-3-4-8/h5-6,8H,3-4,7H2,1-2H3,(H,13,18)(H,16,17). The molecule has 0 aliphatic heterocycles. The van der Waals surface area contributed by atoms with Crippen LogP contribution in [-0.4, -0.2) is 53.9 Å². The lowest BCUT2D eigenvalue weighted by atomic mass is 10.4. The Morgan fingerprint density at radius 2 is 2.10 bits per heavy atom. The second-order valence-corrected chi connectivity index (χ2v) is 6.82. The van der Waals surface area contributed by atoms with Crippen molar-refractivity contribution >= 4 is 21.9 Å². The lowest BCUT2D eigenvalue weighted by Gasteiger charge is -2.18. The summed E-state index contributed by atoms with van der Waals surface area (Å²) in [6, 6.07) is 0.987. The van der Waals surface area contributed by atoms with E-state index in [4.69, 9.17) is 5.11 Å². The number of carbonyl (C=O) groups is 2. The van der Waals surface area contributed by atoms with Gasteiger partial charge in [0.2, 0.25) is 10.0 Å². The number of aromatic nitrogens is 1. The van der Waals surface area contributed by atoms with Crippen molar-refractivity contribution < 1.29 is 23.1 Å². The molecule has 0 unspecified atom stereocenters. The number of hydrogen-bond donors (Lipinski definition) is 2. The summed E-state index contributed by atoms with van der Waals surface area (Å²) < 4.78 is 27.5. The molecule has 1 fully saturated rings. The van der Waals surface area contributed by atoms with Crippen LogP contribution in [0.1, 0.15) is 23.3 Å². The molecule has 0 atom stereocenters. The van der Waals surface area contributed by atoms with Crippen molar-refractivity contribution in [3.8, 4) is 0 Å². The highest BCUT2D eigenvalue weighted by atomic mass is 32.2. The van der Waals surface area contributed by atoms with Gasteiger partial charge in [0.1, 0.15) is 17.1 Å². The van der Waals surface area contributed by atoms with Gasteiger partial charge in [0.25, 0.3) is 5.91 Å². The summed E-state index contributed by atoms with van der Waals surface area (Å²) in [6.45, 7) is -0.572. The normalized spacial score (nSPS) is 15.2. The molecule has 9 heteroatoms. The molecule has 8 nitrogen and oxygen atoms in total. The Kier molecular flexibility index (Phi) is 4.06. The van der Waals surface area contributed by atoms with Crippen LogP contribution < -0.4 is 5.32 Å². The minimum Gasteiger partial charge on any atom is -0.480 e. The summed E-state index contributed by atoms with van der Waals surface area (Å²) in [5.74, 6) is -1.61. The number of carboxylic acid groups (broad SMARTS) is 1. The van der Waals surface area contributed by atoms with E-state index in [0.717, 1.165) is 4.31 Å². The van der Waals surface area contributed by atoms with E-state index in [1.807, 2.05) is 0 Å². The zero-order valence-corrected chi connectivity index (χ0v) is 12.6. The fraction of sp³-hybridized carbons (Fsp3) is 0.500. The predicted octanol–water partition coefficient (Wildman–Crippen LogP) is -0.378. The number of nitrogens with zero attached hydrogens (tertiary/aromatic N) is 2. The Balaban J connectivity index is 2.38. The second kappa shape index (κ2) is 5.49. The van der Waals surface area contributed by atoms with Crippen molar-refractivity contribution in [3.63, 3.8) is 0 Å². The monoisotopic (exact) mass is 315 g/mol. The van der Waals surface area contributed by atoms with E-state index in [-0.39, 0.29) is 16.6 Å². The Bertz CT molecular complexity index is 675. The molecule has 2 N–H and O–H groups in total. The van der Waals surface area contributed by atoms with E-state index < -0.39 is 28.4 Å². The number of hydrogen-bond acceptors (Lipinski definition) is 4. The third kappa shape index (κ3) is 3.08. The maximum absolute atomic E-state index is 12.5. The molecule has 0 spiro atoms. The number of nitrogens with one attached hydrogen (secondary N) is 1. The van der Waals surface area contributed by atoms with E-state index in [0.29, 0.717) is 12.8 Å². The molecule has 1 heterocycles. The van der Waals surface area contributed by atoms with E-state index in [9.17, 15) is 18.0 Å². The largest absolute Gasteiger partial charge is 0.480 e. The molecule has 116 valence electrons. The summed E-state index contributed by atoms with van der Waals surface area (Å²) in [5, 5.41) is 11.3. The first-order valence-corrected chi connectivity index (χ1v) is 7.83. The molecular weight excluding hydrogens is 298 g/mol. The van der Waals surface area contributed by atoms with Crippen molar-refractivity contribution in [2.75, 3.05) is 13.6 Å². The van der Waals surface area contributed by atoms with Gasteiger partial charge >= 0.3 is 5.97 Å². The first kappa shape index (κ1) is 15.5. The number of carbonyl (C=O) groups excluding carboxylic acids is 1. The molecule has 0 saturated heterocycles. The number of carboxylic acids is 1. The van der Waals surface area contributed by atoms with Crippen molar-refractivity contribution in [2.24, 2.45) is 7.05 Å². The van der Waals surface area contributed by atoms with Gasteiger partial charge in [-0.2, -0.15) is 4.31 Å². The van der Waals surface area contributed by atoms with Crippen LogP contribution in [-0.2, 0) is 21.9 Å². The smallest absolute Gasteiger partial charge is 0.318 e. The average molecular weight is 315 g/mol. The first-order valence-electron chi connectivity index (χ1n) is 6.39. The molecular formula is C12H17N3O5S. The average Bonchev–Trinajstić information content (AvgIpc) is 3.16. The topological polar surface area (TPSA) is 109 Å². The Hall–Kier alpha value is -1.87. The molecule has 2 rings (SSSR count). The van der Waals surface area contributed by atoms with Crippen LogP contribution in [0, 0.1) is 0 Å². The molecule has 1 aromatic heterocycles. The number of aliphatic carboxylic acids is 1. The molecule has 21 heavy (non-hydrogen) atoms. The van der Waals surface area contributed by atoms with Gasteiger partial charge in [-0.25, -0.2) is 8.42 Å². The Morgan fingerprint density at radius 3 is 2.57 bits per heavy atom. The maximum Gasteiger partial charge on any atom is 0.318 e. The van der Waals surface area contributed by atoms with Crippen LogP contribution in [0.5, 0.6) is 0 Å². The Labute approximate surface area is 122 Å². The van der Waals surface area contributed by atoms with Crippen LogP contribution in [0.2, 0.25) is 0 Å². The highest BCUT2D eigenvalue weighted by Gasteiger charge is 2.40. The van der Waals surface area contributed by atoms with Gasteiger partial charge in [-0.05, 0) is 18.9 Å². The van der Waals surface area contributed by atoms with E-state index in [2.05, 4.69) is 5.32 Å². The van der Waals surface area contributed by atoms with E-state index >= 15 is 0 Å². The molecule has 1 amide bonds. The number of sulfonamides is 1. The van der Waals surface area contributed by atoms with Gasteiger partial charge in [0, 0.05) is 26.3 Å². The predicted molar refractivity (Wildman–Crippen MR) is 73.4 cm³/mol. The van der Waals surface area contributed by atoms with Gasteiger partial charge in [0.15, 0.2) is 0 Å². The van der Waals surface area contributed by atoms with Gasteiger partial charge in [-0.15, -0.1) is 0 Å². The summed E-state index contributed by atoms with van der Waals surface area (Å²) in [5.41, 5.74) is 0.196. The highest BCUT2D eigenvalue weighted by molar-refractivity contribution is 7.89. The minimum absolute atomic E-state index is 0.0725. The van der Waals surface area contributed by atoms with Gasteiger partial charge < -0.3 is 15.0 Å². The van der Waals surface area contributed by atoms with E-state index in [1.165, 1.54) is 23.9 Å². The molecule has 1 aliphatic rings. The molecule has 0 bridgehead atoms. The number of rotatable bonds is 6. The second-order valence-electron chi connectivity index (χ2n) is 4.93. The van der Waals surface area contributed by atoms with Crippen LogP contribution in [0.15, 0.2) is 17.2 Å². The van der Waals surface area contributed by atoms with Crippen LogP contribution in [0.4, 0.5) is 0 Å². The lowest BCUT2D eigenvalue weighted by Crippen LogP contribution is -2.37. The molecule has 0 radical (unpaired) electrons. The highest BCUT2D eigenvalue weighted by Crippen LogP contribution is 2.32.